The lowest BCUT2D eigenvalue weighted by atomic mass is 10.2. The third kappa shape index (κ3) is 4.39. The van der Waals surface area contributed by atoms with Gasteiger partial charge in [0.15, 0.2) is 16.7 Å². The predicted molar refractivity (Wildman–Crippen MR) is 128 cm³/mol. The maximum atomic E-state index is 13.7. The molecule has 4 rings (SSSR count). The first-order valence-corrected chi connectivity index (χ1v) is 11.2. The van der Waals surface area contributed by atoms with Crippen molar-refractivity contribution in [3.63, 3.8) is 0 Å². The predicted octanol–water partition coefficient (Wildman–Crippen LogP) is 5.15. The van der Waals surface area contributed by atoms with E-state index in [0.717, 1.165) is 5.56 Å². The molecule has 0 amide bonds. The summed E-state index contributed by atoms with van der Waals surface area (Å²) in [5.41, 5.74) is 2.81. The second kappa shape index (κ2) is 9.54. The first-order chi connectivity index (χ1) is 16.0. The van der Waals surface area contributed by atoms with Gasteiger partial charge in [-0.25, -0.2) is 9.37 Å². The van der Waals surface area contributed by atoms with Gasteiger partial charge in [-0.1, -0.05) is 41.6 Å². The fraction of sp³-hybridized carbons (Fsp3) is 0.200. The Balaban J connectivity index is 1.95. The van der Waals surface area contributed by atoms with Crippen molar-refractivity contribution in [1.82, 2.24) is 9.55 Å². The number of fused-ring (bicyclic) bond motifs is 1. The molecule has 1 heterocycles. The maximum Gasteiger partial charge on any atom is 0.266 e. The van der Waals surface area contributed by atoms with E-state index in [2.05, 4.69) is 0 Å². The minimum atomic E-state index is -0.387. The minimum Gasteiger partial charge on any atom is -0.493 e. The van der Waals surface area contributed by atoms with Crippen LogP contribution in [-0.4, -0.2) is 30.9 Å². The zero-order chi connectivity index (χ0) is 23.5. The third-order valence-electron chi connectivity index (χ3n) is 5.21. The molecule has 8 heteroatoms. The van der Waals surface area contributed by atoms with Gasteiger partial charge in [-0.3, -0.25) is 9.36 Å². The maximum absolute atomic E-state index is 13.7. The average molecular weight is 467 g/mol. The molecule has 0 aliphatic carbocycles. The van der Waals surface area contributed by atoms with Gasteiger partial charge in [-0.2, -0.15) is 0 Å². The second-order valence-electron chi connectivity index (χ2n) is 7.33. The Labute approximate surface area is 194 Å². The van der Waals surface area contributed by atoms with Gasteiger partial charge in [-0.15, -0.1) is 0 Å². The van der Waals surface area contributed by atoms with Crippen LogP contribution in [0.4, 0.5) is 4.39 Å². The highest BCUT2D eigenvalue weighted by molar-refractivity contribution is 7.98. The number of hydrogen-bond acceptors (Lipinski definition) is 6. The minimum absolute atomic E-state index is 0.300. The van der Waals surface area contributed by atoms with Crippen LogP contribution < -0.4 is 19.8 Å². The van der Waals surface area contributed by atoms with Crippen LogP contribution in [0.3, 0.4) is 0 Å². The third-order valence-corrected chi connectivity index (χ3v) is 6.22. The fourth-order valence-electron chi connectivity index (χ4n) is 3.51. The molecule has 0 saturated carbocycles. The normalized spacial score (nSPS) is 10.9. The number of thioether (sulfide) groups is 1. The highest BCUT2D eigenvalue weighted by Crippen LogP contribution is 2.42. The Morgan fingerprint density at radius 3 is 2.21 bits per heavy atom. The van der Waals surface area contributed by atoms with Crippen LogP contribution in [-0.2, 0) is 5.75 Å². The Morgan fingerprint density at radius 2 is 1.61 bits per heavy atom. The molecule has 0 aliphatic rings. The Bertz CT molecular complexity index is 1350. The molecule has 0 bridgehead atoms. The first-order valence-electron chi connectivity index (χ1n) is 10.2. The molecule has 0 fully saturated rings. The zero-order valence-electron chi connectivity index (χ0n) is 18.7. The standard InChI is InChI=1S/C25H23FN2O4S/c1-15-5-7-16(8-6-15)14-33-25-27-21-19(13-20(30-2)22(31-3)23(21)32-4)24(29)28(25)18-11-9-17(26)10-12-18/h5-13H,14H2,1-4H3. The molecule has 0 saturated heterocycles. The molecule has 0 aliphatic heterocycles. The van der Waals surface area contributed by atoms with E-state index < -0.39 is 0 Å². The van der Waals surface area contributed by atoms with Gasteiger partial charge in [-0.05, 0) is 42.8 Å². The van der Waals surface area contributed by atoms with E-state index in [1.54, 1.807) is 18.2 Å². The summed E-state index contributed by atoms with van der Waals surface area (Å²) in [7, 11) is 4.48. The van der Waals surface area contributed by atoms with Crippen LogP contribution >= 0.6 is 11.8 Å². The Morgan fingerprint density at radius 1 is 0.939 bits per heavy atom. The smallest absolute Gasteiger partial charge is 0.266 e. The van der Waals surface area contributed by atoms with Gasteiger partial charge in [0.05, 0.1) is 32.4 Å². The molecule has 170 valence electrons. The topological polar surface area (TPSA) is 62.6 Å². The fourth-order valence-corrected chi connectivity index (χ4v) is 4.48. The summed E-state index contributed by atoms with van der Waals surface area (Å²) in [6, 6.07) is 15.5. The molecular formula is C25H23FN2O4S. The summed E-state index contributed by atoms with van der Waals surface area (Å²) in [5.74, 6) is 1.23. The summed E-state index contributed by atoms with van der Waals surface area (Å²) in [6.07, 6.45) is 0. The van der Waals surface area contributed by atoms with Gasteiger partial charge in [0.1, 0.15) is 11.3 Å². The van der Waals surface area contributed by atoms with E-state index in [1.165, 1.54) is 55.4 Å². The van der Waals surface area contributed by atoms with Crippen molar-refractivity contribution in [2.24, 2.45) is 0 Å². The number of hydrogen-bond donors (Lipinski definition) is 0. The quantitative estimate of drug-likeness (QED) is 0.277. The number of aryl methyl sites for hydroxylation is 1. The van der Waals surface area contributed by atoms with E-state index in [0.29, 0.717) is 44.7 Å². The number of rotatable bonds is 7. The van der Waals surface area contributed by atoms with Crippen molar-refractivity contribution >= 4 is 22.7 Å². The Kier molecular flexibility index (Phi) is 6.55. The summed E-state index contributed by atoms with van der Waals surface area (Å²) < 4.78 is 31.5. The molecule has 0 unspecified atom stereocenters. The zero-order valence-corrected chi connectivity index (χ0v) is 19.5. The van der Waals surface area contributed by atoms with Crippen LogP contribution in [0.5, 0.6) is 17.2 Å². The monoisotopic (exact) mass is 466 g/mol. The number of methoxy groups -OCH3 is 3. The van der Waals surface area contributed by atoms with Crippen molar-refractivity contribution < 1.29 is 18.6 Å². The van der Waals surface area contributed by atoms with Crippen LogP contribution in [0, 0.1) is 12.7 Å². The average Bonchev–Trinajstić information content (AvgIpc) is 2.83. The first kappa shape index (κ1) is 22.7. The lowest BCUT2D eigenvalue weighted by molar-refractivity contribution is 0.326. The lowest BCUT2D eigenvalue weighted by Gasteiger charge is -2.17. The van der Waals surface area contributed by atoms with E-state index in [9.17, 15) is 9.18 Å². The molecule has 0 spiro atoms. The van der Waals surface area contributed by atoms with Gasteiger partial charge < -0.3 is 14.2 Å². The largest absolute Gasteiger partial charge is 0.493 e. The number of halogens is 1. The molecular weight excluding hydrogens is 443 g/mol. The second-order valence-corrected chi connectivity index (χ2v) is 8.27. The van der Waals surface area contributed by atoms with Crippen LogP contribution in [0.25, 0.3) is 16.6 Å². The van der Waals surface area contributed by atoms with Gasteiger partial charge in [0.25, 0.3) is 5.56 Å². The highest BCUT2D eigenvalue weighted by atomic mass is 32.2. The molecule has 1 aromatic heterocycles. The van der Waals surface area contributed by atoms with Gasteiger partial charge in [0, 0.05) is 5.75 Å². The Hall–Kier alpha value is -3.52. The number of nitrogens with zero attached hydrogens (tertiary/aromatic N) is 2. The summed E-state index contributed by atoms with van der Waals surface area (Å²) in [6.45, 7) is 2.03. The number of ether oxygens (including phenoxy) is 3. The molecule has 0 N–H and O–H groups in total. The number of benzene rings is 3. The van der Waals surface area contributed by atoms with Crippen LogP contribution in [0.2, 0.25) is 0 Å². The van der Waals surface area contributed by atoms with Gasteiger partial charge in [0.2, 0.25) is 5.75 Å². The van der Waals surface area contributed by atoms with Gasteiger partial charge >= 0.3 is 0 Å². The molecule has 4 aromatic rings. The van der Waals surface area contributed by atoms with Crippen molar-refractivity contribution in [2.45, 2.75) is 17.8 Å². The van der Waals surface area contributed by atoms with Crippen molar-refractivity contribution in [3.8, 4) is 22.9 Å². The van der Waals surface area contributed by atoms with Crippen molar-refractivity contribution in [3.05, 3.63) is 81.9 Å². The van der Waals surface area contributed by atoms with Crippen molar-refractivity contribution in [2.75, 3.05) is 21.3 Å². The molecule has 0 atom stereocenters. The van der Waals surface area contributed by atoms with E-state index in [4.69, 9.17) is 19.2 Å². The summed E-state index contributed by atoms with van der Waals surface area (Å²) >= 11 is 1.41. The molecule has 3 aromatic carbocycles. The summed E-state index contributed by atoms with van der Waals surface area (Å²) in [5, 5.41) is 0.749. The highest BCUT2D eigenvalue weighted by Gasteiger charge is 2.22. The molecule has 6 nitrogen and oxygen atoms in total. The molecule has 0 radical (unpaired) electrons. The lowest BCUT2D eigenvalue weighted by Crippen LogP contribution is -2.22. The SMILES string of the molecule is COc1cc2c(=O)n(-c3ccc(F)cc3)c(SCc3ccc(C)cc3)nc2c(OC)c1OC. The van der Waals surface area contributed by atoms with Crippen molar-refractivity contribution in [1.29, 1.82) is 0 Å². The van der Waals surface area contributed by atoms with E-state index in [1.807, 2.05) is 31.2 Å². The number of aromatic nitrogens is 2. The van der Waals surface area contributed by atoms with Crippen LogP contribution in [0.15, 0.2) is 64.5 Å². The summed E-state index contributed by atoms with van der Waals surface area (Å²) in [4.78, 5) is 18.5. The van der Waals surface area contributed by atoms with E-state index >= 15 is 0 Å². The molecule has 33 heavy (non-hydrogen) atoms. The van der Waals surface area contributed by atoms with Crippen LogP contribution in [0.1, 0.15) is 11.1 Å². The van der Waals surface area contributed by atoms with E-state index in [-0.39, 0.29) is 11.4 Å².